The molecule has 1 fully saturated rings. The summed E-state index contributed by atoms with van der Waals surface area (Å²) in [6, 6.07) is 21.5. The minimum Gasteiger partial charge on any atom is -0.335 e. The molecule has 1 saturated heterocycles. The highest BCUT2D eigenvalue weighted by atomic mass is 32.2. The monoisotopic (exact) mass is 418 g/mol. The number of sulfone groups is 1. The highest BCUT2D eigenvalue weighted by Gasteiger charge is 2.37. The number of carbonyl (C=O) groups excluding carboxylic acids is 1. The first-order valence-corrected chi connectivity index (χ1v) is 11.6. The third-order valence-corrected chi connectivity index (χ3v) is 7.70. The molecule has 1 amide bonds. The summed E-state index contributed by atoms with van der Waals surface area (Å²) in [5.41, 5.74) is 1.83. The van der Waals surface area contributed by atoms with Gasteiger partial charge in [0.05, 0.1) is 4.90 Å². The minimum atomic E-state index is -3.72. The van der Waals surface area contributed by atoms with Gasteiger partial charge in [0.2, 0.25) is 9.84 Å². The van der Waals surface area contributed by atoms with Crippen molar-refractivity contribution in [3.8, 4) is 0 Å². The summed E-state index contributed by atoms with van der Waals surface area (Å²) in [6.45, 7) is 3.31. The van der Waals surface area contributed by atoms with Gasteiger partial charge in [-0.15, -0.1) is 0 Å². The van der Waals surface area contributed by atoms with E-state index in [2.05, 4.69) is 35.2 Å². The molecule has 152 valence electrons. The fourth-order valence-electron chi connectivity index (χ4n) is 4.22. The summed E-state index contributed by atoms with van der Waals surface area (Å²) in [5.74, 6) is -0.392. The molecule has 0 saturated carbocycles. The van der Waals surface area contributed by atoms with Gasteiger partial charge in [-0.05, 0) is 40.1 Å². The number of piperazine rings is 1. The lowest BCUT2D eigenvalue weighted by atomic mass is 10.1. The van der Waals surface area contributed by atoms with Crippen LogP contribution >= 0.6 is 0 Å². The molecule has 30 heavy (non-hydrogen) atoms. The Morgan fingerprint density at radius 3 is 2.30 bits per heavy atom. The third kappa shape index (κ3) is 3.32. The molecular formula is C24H22N2O3S. The van der Waals surface area contributed by atoms with Gasteiger partial charge in [-0.2, -0.15) is 0 Å². The number of fused-ring (bicyclic) bond motifs is 2. The predicted molar refractivity (Wildman–Crippen MR) is 117 cm³/mol. The minimum absolute atomic E-state index is 0.105. The van der Waals surface area contributed by atoms with E-state index in [4.69, 9.17) is 0 Å². The van der Waals surface area contributed by atoms with Crippen LogP contribution in [0.25, 0.3) is 16.8 Å². The normalized spacial score (nSPS) is 18.3. The predicted octanol–water partition coefficient (Wildman–Crippen LogP) is 3.31. The number of amides is 1. The molecule has 2 aliphatic rings. The number of benzene rings is 3. The van der Waals surface area contributed by atoms with Crippen molar-refractivity contribution in [2.75, 3.05) is 26.2 Å². The van der Waals surface area contributed by atoms with Crippen molar-refractivity contribution in [2.45, 2.75) is 11.4 Å². The molecular weight excluding hydrogens is 396 g/mol. The van der Waals surface area contributed by atoms with Gasteiger partial charge in [0.25, 0.3) is 5.91 Å². The van der Waals surface area contributed by atoms with E-state index in [1.165, 1.54) is 22.4 Å². The van der Waals surface area contributed by atoms with Crippen molar-refractivity contribution in [3.63, 3.8) is 0 Å². The van der Waals surface area contributed by atoms with Gasteiger partial charge >= 0.3 is 0 Å². The topological polar surface area (TPSA) is 57.7 Å². The second kappa shape index (κ2) is 7.38. The second-order valence-corrected chi connectivity index (χ2v) is 9.69. The van der Waals surface area contributed by atoms with Crippen molar-refractivity contribution < 1.29 is 13.2 Å². The van der Waals surface area contributed by atoms with Crippen molar-refractivity contribution in [1.82, 2.24) is 9.80 Å². The van der Waals surface area contributed by atoms with Crippen molar-refractivity contribution in [1.29, 1.82) is 0 Å². The Morgan fingerprint density at radius 1 is 0.833 bits per heavy atom. The van der Waals surface area contributed by atoms with Crippen molar-refractivity contribution in [3.05, 3.63) is 82.8 Å². The summed E-state index contributed by atoms with van der Waals surface area (Å²) in [7, 11) is -3.72. The van der Waals surface area contributed by atoms with Crippen LogP contribution in [0.4, 0.5) is 0 Å². The molecule has 5 rings (SSSR count). The molecule has 5 nitrogen and oxygen atoms in total. The maximum Gasteiger partial charge on any atom is 0.265 e. The number of hydrogen-bond acceptors (Lipinski definition) is 4. The summed E-state index contributed by atoms with van der Waals surface area (Å²) in [5, 5.41) is 2.45. The molecule has 0 radical (unpaired) electrons. The van der Waals surface area contributed by atoms with E-state index in [0.717, 1.165) is 19.6 Å². The highest BCUT2D eigenvalue weighted by Crippen LogP contribution is 2.33. The smallest absolute Gasteiger partial charge is 0.265 e. The lowest BCUT2D eigenvalue weighted by Gasteiger charge is -2.34. The van der Waals surface area contributed by atoms with Crippen LogP contribution in [0.5, 0.6) is 0 Å². The Morgan fingerprint density at radius 2 is 1.53 bits per heavy atom. The van der Waals surface area contributed by atoms with Gasteiger partial charge in [0.1, 0.15) is 4.91 Å². The molecule has 0 aliphatic carbocycles. The van der Waals surface area contributed by atoms with E-state index in [-0.39, 0.29) is 9.80 Å². The van der Waals surface area contributed by atoms with Crippen LogP contribution in [0.3, 0.4) is 0 Å². The zero-order chi connectivity index (χ0) is 20.7. The van der Waals surface area contributed by atoms with Gasteiger partial charge in [-0.1, -0.05) is 54.6 Å². The Kier molecular flexibility index (Phi) is 4.68. The van der Waals surface area contributed by atoms with Crippen LogP contribution in [0.1, 0.15) is 11.1 Å². The molecule has 0 N–H and O–H groups in total. The van der Waals surface area contributed by atoms with Crippen LogP contribution in [0.15, 0.2) is 76.5 Å². The van der Waals surface area contributed by atoms with Crippen LogP contribution in [0.2, 0.25) is 0 Å². The average molecular weight is 419 g/mol. The van der Waals surface area contributed by atoms with Crippen molar-refractivity contribution in [2.24, 2.45) is 0 Å². The first-order valence-electron chi connectivity index (χ1n) is 10.1. The second-order valence-electron chi connectivity index (χ2n) is 7.80. The standard InChI is InChI=1S/C24H22N2O3S/c27-24(23-16-21-7-3-4-8-22(21)30(23,28)29)26-13-11-25(12-14-26)17-18-9-10-19-5-1-2-6-20(19)15-18/h1-10,15-16H,11-14,17H2. The number of carbonyl (C=O) groups is 1. The fourth-order valence-corrected chi connectivity index (χ4v) is 5.79. The largest absolute Gasteiger partial charge is 0.335 e. The molecule has 2 heterocycles. The van der Waals surface area contributed by atoms with Crippen LogP contribution in [-0.2, 0) is 21.2 Å². The van der Waals surface area contributed by atoms with E-state index in [9.17, 15) is 13.2 Å². The molecule has 0 atom stereocenters. The Hall–Kier alpha value is -2.96. The Labute approximate surface area is 176 Å². The van der Waals surface area contributed by atoms with Gasteiger partial charge in [-0.3, -0.25) is 9.69 Å². The summed E-state index contributed by atoms with van der Waals surface area (Å²) < 4.78 is 25.5. The van der Waals surface area contributed by atoms with Crippen LogP contribution < -0.4 is 0 Å². The van der Waals surface area contributed by atoms with Gasteiger partial charge < -0.3 is 4.90 Å². The van der Waals surface area contributed by atoms with E-state index in [1.807, 2.05) is 12.1 Å². The molecule has 3 aromatic rings. The maximum absolute atomic E-state index is 13.0. The number of rotatable bonds is 3. The number of hydrogen-bond donors (Lipinski definition) is 0. The molecule has 0 aromatic heterocycles. The summed E-state index contributed by atoms with van der Waals surface area (Å²) >= 11 is 0. The third-order valence-electron chi connectivity index (χ3n) is 5.87. The quantitative estimate of drug-likeness (QED) is 0.655. The van der Waals surface area contributed by atoms with E-state index in [1.54, 1.807) is 29.2 Å². The Balaban J connectivity index is 1.25. The fraction of sp³-hybridized carbons (Fsp3) is 0.208. The summed E-state index contributed by atoms with van der Waals surface area (Å²) in [6.07, 6.45) is 1.51. The molecule has 0 bridgehead atoms. The molecule has 6 heteroatoms. The zero-order valence-corrected chi connectivity index (χ0v) is 17.3. The van der Waals surface area contributed by atoms with Gasteiger partial charge in [0.15, 0.2) is 0 Å². The van der Waals surface area contributed by atoms with E-state index >= 15 is 0 Å². The highest BCUT2D eigenvalue weighted by molar-refractivity contribution is 7.96. The summed E-state index contributed by atoms with van der Waals surface area (Å²) in [4.78, 5) is 17.0. The first kappa shape index (κ1) is 19.0. The SMILES string of the molecule is O=C(C1=Cc2ccccc2S1(=O)=O)N1CCN(Cc2ccc3ccccc3c2)CC1. The maximum atomic E-state index is 13.0. The zero-order valence-electron chi connectivity index (χ0n) is 16.5. The molecule has 0 spiro atoms. The Bertz CT molecular complexity index is 1270. The lowest BCUT2D eigenvalue weighted by Crippen LogP contribution is -2.49. The van der Waals surface area contributed by atoms with Crippen molar-refractivity contribution >= 4 is 32.6 Å². The number of nitrogens with zero attached hydrogens (tertiary/aromatic N) is 2. The van der Waals surface area contributed by atoms with Gasteiger partial charge in [-0.25, -0.2) is 8.42 Å². The first-order chi connectivity index (χ1) is 14.5. The van der Waals surface area contributed by atoms with Crippen LogP contribution in [-0.4, -0.2) is 50.3 Å². The lowest BCUT2D eigenvalue weighted by molar-refractivity contribution is -0.128. The van der Waals surface area contributed by atoms with Gasteiger partial charge in [0, 0.05) is 32.7 Å². The molecule has 0 unspecified atom stereocenters. The average Bonchev–Trinajstić information content (AvgIpc) is 3.04. The van der Waals surface area contributed by atoms with Crippen LogP contribution in [0, 0.1) is 0 Å². The molecule has 2 aliphatic heterocycles. The van der Waals surface area contributed by atoms with E-state index < -0.39 is 15.7 Å². The van der Waals surface area contributed by atoms with E-state index in [0.29, 0.717) is 18.7 Å². The molecule has 3 aromatic carbocycles.